The van der Waals surface area contributed by atoms with E-state index in [4.69, 9.17) is 4.74 Å². The van der Waals surface area contributed by atoms with Crippen molar-refractivity contribution in [3.05, 3.63) is 0 Å². The van der Waals surface area contributed by atoms with Crippen molar-refractivity contribution in [2.24, 2.45) is 11.3 Å². The maximum atomic E-state index is 5.61. The second-order valence-electron chi connectivity index (χ2n) is 6.10. The topological polar surface area (TPSA) is 24.5 Å². The van der Waals surface area contributed by atoms with E-state index in [0.717, 1.165) is 19.1 Å². The third-order valence-corrected chi connectivity index (χ3v) is 4.01. The lowest BCUT2D eigenvalue weighted by Gasteiger charge is -2.36. The van der Waals surface area contributed by atoms with E-state index < -0.39 is 0 Å². The number of hydrogen-bond acceptors (Lipinski definition) is 3. The fourth-order valence-corrected chi connectivity index (χ4v) is 2.63. The summed E-state index contributed by atoms with van der Waals surface area (Å²) in [5.41, 5.74) is 0.465. The minimum atomic E-state index is 0.343. The zero-order chi connectivity index (χ0) is 12.9. The third kappa shape index (κ3) is 4.57. The molecule has 1 heterocycles. The molecule has 0 aliphatic carbocycles. The van der Waals surface area contributed by atoms with Gasteiger partial charge in [-0.05, 0) is 45.2 Å². The lowest BCUT2D eigenvalue weighted by Crippen LogP contribution is -2.42. The average Bonchev–Trinajstić information content (AvgIpc) is 2.66. The first-order chi connectivity index (χ1) is 7.96. The molecule has 17 heavy (non-hydrogen) atoms. The molecule has 1 unspecified atom stereocenters. The first-order valence-electron chi connectivity index (χ1n) is 6.97. The van der Waals surface area contributed by atoms with Crippen molar-refractivity contribution in [2.75, 3.05) is 39.8 Å². The van der Waals surface area contributed by atoms with Crippen LogP contribution in [0, 0.1) is 11.3 Å². The molecule has 0 saturated carbocycles. The monoisotopic (exact) mass is 242 g/mol. The molecular formula is C14H30N2O. The predicted molar refractivity (Wildman–Crippen MR) is 73.3 cm³/mol. The second-order valence-corrected chi connectivity index (χ2v) is 6.10. The van der Waals surface area contributed by atoms with Crippen LogP contribution < -0.4 is 5.32 Å². The number of hydrogen-bond donors (Lipinski definition) is 1. The molecule has 0 aromatic heterocycles. The summed E-state index contributed by atoms with van der Waals surface area (Å²) < 4.78 is 5.61. The van der Waals surface area contributed by atoms with Crippen molar-refractivity contribution >= 4 is 0 Å². The van der Waals surface area contributed by atoms with Crippen LogP contribution in [0.4, 0.5) is 0 Å². The van der Waals surface area contributed by atoms with Crippen molar-refractivity contribution in [3.8, 4) is 0 Å². The van der Waals surface area contributed by atoms with Crippen LogP contribution in [0.2, 0.25) is 0 Å². The zero-order valence-corrected chi connectivity index (χ0v) is 12.3. The van der Waals surface area contributed by atoms with Gasteiger partial charge < -0.3 is 15.0 Å². The van der Waals surface area contributed by atoms with Gasteiger partial charge in [-0.25, -0.2) is 0 Å². The summed E-state index contributed by atoms with van der Waals surface area (Å²) in [5, 5.41) is 3.52. The van der Waals surface area contributed by atoms with E-state index in [1.807, 2.05) is 0 Å². The van der Waals surface area contributed by atoms with E-state index in [2.05, 4.69) is 45.0 Å². The van der Waals surface area contributed by atoms with Gasteiger partial charge in [-0.15, -0.1) is 0 Å². The molecule has 0 aromatic carbocycles. The normalized spacial score (nSPS) is 25.4. The van der Waals surface area contributed by atoms with E-state index >= 15 is 0 Å². The van der Waals surface area contributed by atoms with Crippen LogP contribution in [-0.4, -0.2) is 50.8 Å². The molecule has 0 spiro atoms. The number of ether oxygens (including phenoxy) is 1. The van der Waals surface area contributed by atoms with Gasteiger partial charge in [0.25, 0.3) is 0 Å². The summed E-state index contributed by atoms with van der Waals surface area (Å²) in [7, 11) is 2.21. The fourth-order valence-electron chi connectivity index (χ4n) is 2.63. The Labute approximate surface area is 107 Å². The molecule has 102 valence electrons. The van der Waals surface area contributed by atoms with Gasteiger partial charge in [0.05, 0.1) is 12.7 Å². The molecule has 0 aromatic rings. The van der Waals surface area contributed by atoms with E-state index in [0.29, 0.717) is 11.5 Å². The minimum Gasteiger partial charge on any atom is -0.377 e. The van der Waals surface area contributed by atoms with Crippen LogP contribution in [0.1, 0.15) is 34.1 Å². The average molecular weight is 242 g/mol. The molecule has 1 aliphatic heterocycles. The molecule has 1 N–H and O–H groups in total. The van der Waals surface area contributed by atoms with Gasteiger partial charge in [0, 0.05) is 19.6 Å². The summed E-state index contributed by atoms with van der Waals surface area (Å²) in [6.07, 6.45) is 1.65. The van der Waals surface area contributed by atoms with Gasteiger partial charge in [0.15, 0.2) is 0 Å². The Bertz CT molecular complexity index is 210. The summed E-state index contributed by atoms with van der Waals surface area (Å²) >= 11 is 0. The Hall–Kier alpha value is -0.120. The van der Waals surface area contributed by atoms with Crippen molar-refractivity contribution in [3.63, 3.8) is 0 Å². The number of nitrogens with one attached hydrogen (secondary N) is 1. The molecule has 1 rings (SSSR count). The molecule has 1 saturated heterocycles. The molecule has 1 fully saturated rings. The first-order valence-corrected chi connectivity index (χ1v) is 6.97. The molecule has 0 amide bonds. The van der Waals surface area contributed by atoms with Crippen molar-refractivity contribution < 1.29 is 4.74 Å². The van der Waals surface area contributed by atoms with Gasteiger partial charge in [0.2, 0.25) is 0 Å². The molecule has 1 atom stereocenters. The smallest absolute Gasteiger partial charge is 0.0596 e. The van der Waals surface area contributed by atoms with Crippen LogP contribution in [0.15, 0.2) is 0 Å². The molecule has 0 radical (unpaired) electrons. The summed E-state index contributed by atoms with van der Waals surface area (Å²) in [5.74, 6) is 0.742. The Morgan fingerprint density at radius 1 is 1.29 bits per heavy atom. The standard InChI is InChI=1S/C14H30N2O/c1-12(2)14(6-7-15-10-14)11-16(5)8-9-17-13(3)4/h12-13,15H,6-11H2,1-5H3. The number of nitrogens with zero attached hydrogens (tertiary/aromatic N) is 1. The SMILES string of the molecule is CC(C)OCCN(C)CC1(C(C)C)CCNC1. The van der Waals surface area contributed by atoms with Gasteiger partial charge in [0.1, 0.15) is 0 Å². The number of rotatable bonds is 7. The molecule has 0 bridgehead atoms. The maximum absolute atomic E-state index is 5.61. The van der Waals surface area contributed by atoms with Crippen LogP contribution in [0.3, 0.4) is 0 Å². The molecule has 3 heteroatoms. The fraction of sp³-hybridized carbons (Fsp3) is 1.00. The van der Waals surface area contributed by atoms with Crippen LogP contribution in [-0.2, 0) is 4.74 Å². The highest BCUT2D eigenvalue weighted by molar-refractivity contribution is 4.92. The predicted octanol–water partition coefficient (Wildman–Crippen LogP) is 1.98. The van der Waals surface area contributed by atoms with Gasteiger partial charge in [-0.1, -0.05) is 13.8 Å². The summed E-state index contributed by atoms with van der Waals surface area (Å²) in [4.78, 5) is 2.43. The maximum Gasteiger partial charge on any atom is 0.0596 e. The Balaban J connectivity index is 2.34. The summed E-state index contributed by atoms with van der Waals surface area (Å²) in [6.45, 7) is 14.3. The largest absolute Gasteiger partial charge is 0.377 e. The Kier molecular flexibility index (Phi) is 5.90. The highest BCUT2D eigenvalue weighted by Crippen LogP contribution is 2.34. The van der Waals surface area contributed by atoms with Crippen LogP contribution in [0.5, 0.6) is 0 Å². The first kappa shape index (κ1) is 14.9. The highest BCUT2D eigenvalue weighted by Gasteiger charge is 2.37. The van der Waals surface area contributed by atoms with Gasteiger partial charge in [-0.3, -0.25) is 0 Å². The Morgan fingerprint density at radius 3 is 2.47 bits per heavy atom. The van der Waals surface area contributed by atoms with E-state index in [9.17, 15) is 0 Å². The zero-order valence-electron chi connectivity index (χ0n) is 12.3. The van der Waals surface area contributed by atoms with Crippen molar-refractivity contribution in [1.82, 2.24) is 10.2 Å². The lowest BCUT2D eigenvalue weighted by atomic mass is 9.76. The van der Waals surface area contributed by atoms with Gasteiger partial charge in [-0.2, -0.15) is 0 Å². The van der Waals surface area contributed by atoms with Crippen LogP contribution in [0.25, 0.3) is 0 Å². The van der Waals surface area contributed by atoms with E-state index in [1.54, 1.807) is 0 Å². The summed E-state index contributed by atoms with van der Waals surface area (Å²) in [6, 6.07) is 0. The number of likely N-dealkylation sites (N-methyl/N-ethyl adjacent to an activating group) is 1. The van der Waals surface area contributed by atoms with Crippen molar-refractivity contribution in [1.29, 1.82) is 0 Å². The highest BCUT2D eigenvalue weighted by atomic mass is 16.5. The molecule has 3 nitrogen and oxygen atoms in total. The Morgan fingerprint density at radius 2 is 2.00 bits per heavy atom. The third-order valence-electron chi connectivity index (χ3n) is 4.01. The molecular weight excluding hydrogens is 212 g/mol. The quantitative estimate of drug-likeness (QED) is 0.739. The molecule has 1 aliphatic rings. The van der Waals surface area contributed by atoms with E-state index in [1.165, 1.54) is 26.1 Å². The minimum absolute atomic E-state index is 0.343. The second kappa shape index (κ2) is 6.72. The van der Waals surface area contributed by atoms with Crippen molar-refractivity contribution in [2.45, 2.75) is 40.2 Å². The van der Waals surface area contributed by atoms with Crippen LogP contribution >= 0.6 is 0 Å². The van der Waals surface area contributed by atoms with E-state index in [-0.39, 0.29) is 0 Å². The lowest BCUT2D eigenvalue weighted by molar-refractivity contribution is 0.0500. The van der Waals surface area contributed by atoms with Gasteiger partial charge >= 0.3 is 0 Å².